The minimum absolute atomic E-state index is 0.108. The van der Waals surface area contributed by atoms with Gasteiger partial charge in [0.15, 0.2) is 0 Å². The average Bonchev–Trinajstić information content (AvgIpc) is 3.22. The topological polar surface area (TPSA) is 55.1 Å². The molecule has 20 heavy (non-hydrogen) atoms. The highest BCUT2D eigenvalue weighted by molar-refractivity contribution is 5.87. The van der Waals surface area contributed by atoms with Gasteiger partial charge in [-0.15, -0.1) is 0 Å². The number of nitrogens with two attached hydrogens (primary N) is 1. The molecule has 1 unspecified atom stereocenters. The molecular formula is C17H24N2O. The summed E-state index contributed by atoms with van der Waals surface area (Å²) in [5, 5.41) is 3.52. The molecule has 108 valence electrons. The maximum atomic E-state index is 12.2. The number of amides is 1. The first kappa shape index (κ1) is 13.6. The Hall–Kier alpha value is -1.35. The summed E-state index contributed by atoms with van der Waals surface area (Å²) in [7, 11) is 0. The summed E-state index contributed by atoms with van der Waals surface area (Å²) < 4.78 is 0. The zero-order chi connectivity index (χ0) is 14.4. The standard InChI is InChI=1S/C17H24N2O/c1-16(2)9-10-17(15(18)20,19-11-12-7-8-12)14-6-4-3-5-13(14)16/h3-6,12,19H,7-11H2,1-2H3,(H2,18,20). The Morgan fingerprint density at radius 1 is 1.25 bits per heavy atom. The summed E-state index contributed by atoms with van der Waals surface area (Å²) in [6.07, 6.45) is 4.31. The molecule has 3 nitrogen and oxygen atoms in total. The Kier molecular flexibility index (Phi) is 3.13. The molecule has 0 aromatic heterocycles. The van der Waals surface area contributed by atoms with Crippen molar-refractivity contribution in [3.05, 3.63) is 35.4 Å². The lowest BCUT2D eigenvalue weighted by atomic mass is 9.65. The van der Waals surface area contributed by atoms with Crippen LogP contribution in [0.1, 0.15) is 50.7 Å². The maximum Gasteiger partial charge on any atom is 0.242 e. The summed E-state index contributed by atoms with van der Waals surface area (Å²) >= 11 is 0. The van der Waals surface area contributed by atoms with E-state index < -0.39 is 5.54 Å². The van der Waals surface area contributed by atoms with Crippen LogP contribution in [-0.2, 0) is 15.7 Å². The highest BCUT2D eigenvalue weighted by Crippen LogP contribution is 2.45. The fourth-order valence-electron chi connectivity index (χ4n) is 3.38. The molecule has 1 fully saturated rings. The minimum Gasteiger partial charge on any atom is -0.368 e. The summed E-state index contributed by atoms with van der Waals surface area (Å²) in [6, 6.07) is 8.28. The molecule has 0 saturated heterocycles. The van der Waals surface area contributed by atoms with Crippen molar-refractivity contribution in [3.8, 4) is 0 Å². The summed E-state index contributed by atoms with van der Waals surface area (Å²) in [4.78, 5) is 12.2. The molecule has 1 saturated carbocycles. The largest absolute Gasteiger partial charge is 0.368 e. The van der Waals surface area contributed by atoms with Crippen LogP contribution in [0, 0.1) is 5.92 Å². The van der Waals surface area contributed by atoms with Crippen LogP contribution in [0.25, 0.3) is 0 Å². The predicted octanol–water partition coefficient (Wildman–Crippen LogP) is 2.44. The van der Waals surface area contributed by atoms with Crippen molar-refractivity contribution in [1.29, 1.82) is 0 Å². The van der Waals surface area contributed by atoms with Crippen molar-refractivity contribution in [2.45, 2.75) is 50.5 Å². The third-order valence-electron chi connectivity index (χ3n) is 5.05. The Morgan fingerprint density at radius 3 is 2.50 bits per heavy atom. The zero-order valence-electron chi connectivity index (χ0n) is 12.4. The molecule has 0 radical (unpaired) electrons. The van der Waals surface area contributed by atoms with E-state index in [9.17, 15) is 4.79 Å². The van der Waals surface area contributed by atoms with Crippen LogP contribution in [0.2, 0.25) is 0 Å². The first-order valence-electron chi connectivity index (χ1n) is 7.61. The zero-order valence-corrected chi connectivity index (χ0v) is 12.4. The molecule has 1 aromatic rings. The number of rotatable bonds is 4. The predicted molar refractivity (Wildman–Crippen MR) is 80.3 cm³/mol. The number of carbonyl (C=O) groups is 1. The molecule has 0 bridgehead atoms. The van der Waals surface area contributed by atoms with Crippen molar-refractivity contribution in [2.24, 2.45) is 11.7 Å². The number of fused-ring (bicyclic) bond motifs is 1. The molecule has 1 atom stereocenters. The van der Waals surface area contributed by atoms with Gasteiger partial charge in [0.2, 0.25) is 5.91 Å². The van der Waals surface area contributed by atoms with Crippen molar-refractivity contribution >= 4 is 5.91 Å². The van der Waals surface area contributed by atoms with Crippen molar-refractivity contribution < 1.29 is 4.79 Å². The van der Waals surface area contributed by atoms with Crippen molar-refractivity contribution in [1.82, 2.24) is 5.32 Å². The van der Waals surface area contributed by atoms with Gasteiger partial charge in [-0.25, -0.2) is 0 Å². The van der Waals surface area contributed by atoms with Gasteiger partial charge >= 0.3 is 0 Å². The molecule has 3 rings (SSSR count). The fraction of sp³-hybridized carbons (Fsp3) is 0.588. The normalized spacial score (nSPS) is 27.9. The highest BCUT2D eigenvalue weighted by Gasteiger charge is 2.47. The number of carbonyl (C=O) groups excluding carboxylic acids is 1. The third-order valence-corrected chi connectivity index (χ3v) is 5.05. The van der Waals surface area contributed by atoms with Crippen molar-refractivity contribution in [3.63, 3.8) is 0 Å². The lowest BCUT2D eigenvalue weighted by Crippen LogP contribution is -2.56. The van der Waals surface area contributed by atoms with Crippen LogP contribution in [0.4, 0.5) is 0 Å². The Labute approximate surface area is 120 Å². The quantitative estimate of drug-likeness (QED) is 0.884. The van der Waals surface area contributed by atoms with Gasteiger partial charge < -0.3 is 5.73 Å². The number of nitrogens with one attached hydrogen (secondary N) is 1. The van der Waals surface area contributed by atoms with Gasteiger partial charge in [-0.05, 0) is 54.7 Å². The molecule has 2 aliphatic carbocycles. The van der Waals surface area contributed by atoms with Crippen LogP contribution >= 0.6 is 0 Å². The van der Waals surface area contributed by atoms with Crippen LogP contribution < -0.4 is 11.1 Å². The fourth-order valence-corrected chi connectivity index (χ4v) is 3.38. The van der Waals surface area contributed by atoms with E-state index in [0.29, 0.717) is 0 Å². The Bertz CT molecular complexity index is 534. The smallest absolute Gasteiger partial charge is 0.242 e. The van der Waals surface area contributed by atoms with Gasteiger partial charge in [0.25, 0.3) is 0 Å². The van der Waals surface area contributed by atoms with E-state index in [1.54, 1.807) is 0 Å². The van der Waals surface area contributed by atoms with Crippen LogP contribution in [0.15, 0.2) is 24.3 Å². The molecule has 2 aliphatic rings. The second kappa shape index (κ2) is 4.59. The SMILES string of the molecule is CC1(C)CCC(NCC2CC2)(C(N)=O)c2ccccc21. The van der Waals surface area contributed by atoms with E-state index in [1.807, 2.05) is 6.07 Å². The van der Waals surface area contributed by atoms with Gasteiger partial charge in [-0.2, -0.15) is 0 Å². The second-order valence-electron chi connectivity index (χ2n) is 7.02. The van der Waals surface area contributed by atoms with E-state index in [4.69, 9.17) is 5.73 Å². The molecule has 0 heterocycles. The summed E-state index contributed by atoms with van der Waals surface area (Å²) in [5.41, 5.74) is 7.59. The molecule has 1 aromatic carbocycles. The van der Waals surface area contributed by atoms with E-state index in [2.05, 4.69) is 37.4 Å². The van der Waals surface area contributed by atoms with Crippen LogP contribution in [0.5, 0.6) is 0 Å². The Morgan fingerprint density at radius 2 is 1.90 bits per heavy atom. The lowest BCUT2D eigenvalue weighted by molar-refractivity contribution is -0.125. The van der Waals surface area contributed by atoms with Gasteiger partial charge in [-0.1, -0.05) is 38.1 Å². The molecular weight excluding hydrogens is 248 g/mol. The number of hydrogen-bond acceptors (Lipinski definition) is 2. The molecule has 3 N–H and O–H groups in total. The van der Waals surface area contributed by atoms with Gasteiger partial charge in [0.1, 0.15) is 5.54 Å². The van der Waals surface area contributed by atoms with E-state index in [0.717, 1.165) is 30.9 Å². The lowest BCUT2D eigenvalue weighted by Gasteiger charge is -2.44. The van der Waals surface area contributed by atoms with E-state index in [1.165, 1.54) is 18.4 Å². The number of primary amides is 1. The Balaban J connectivity index is 2.03. The molecule has 0 spiro atoms. The maximum absolute atomic E-state index is 12.2. The van der Waals surface area contributed by atoms with E-state index in [-0.39, 0.29) is 11.3 Å². The van der Waals surface area contributed by atoms with E-state index >= 15 is 0 Å². The van der Waals surface area contributed by atoms with Crippen LogP contribution in [-0.4, -0.2) is 12.5 Å². The monoisotopic (exact) mass is 272 g/mol. The first-order chi connectivity index (χ1) is 9.46. The highest BCUT2D eigenvalue weighted by atomic mass is 16.1. The average molecular weight is 272 g/mol. The molecule has 1 amide bonds. The summed E-state index contributed by atoms with van der Waals surface area (Å²) in [5.74, 6) is 0.495. The minimum atomic E-state index is -0.672. The van der Waals surface area contributed by atoms with Crippen molar-refractivity contribution in [2.75, 3.05) is 6.54 Å². The first-order valence-corrected chi connectivity index (χ1v) is 7.61. The molecule has 0 aliphatic heterocycles. The van der Waals surface area contributed by atoms with Gasteiger partial charge in [0.05, 0.1) is 0 Å². The second-order valence-corrected chi connectivity index (χ2v) is 7.02. The summed E-state index contributed by atoms with van der Waals surface area (Å²) in [6.45, 7) is 5.40. The third kappa shape index (κ3) is 2.14. The van der Waals surface area contributed by atoms with Crippen LogP contribution in [0.3, 0.4) is 0 Å². The number of benzene rings is 1. The molecule has 3 heteroatoms. The number of hydrogen-bond donors (Lipinski definition) is 2. The van der Waals surface area contributed by atoms with Gasteiger partial charge in [-0.3, -0.25) is 10.1 Å². The van der Waals surface area contributed by atoms with Gasteiger partial charge in [0, 0.05) is 0 Å².